The van der Waals surface area contributed by atoms with Crippen molar-refractivity contribution in [2.45, 2.75) is 44.7 Å². The SMILES string of the molecule is CCO[C@H]1C[C@H]2[C@H](C[C@H](C)[C@@]2(O)CO)O1. The first-order chi connectivity index (χ1) is 7.11. The van der Waals surface area contributed by atoms with E-state index in [-0.39, 0.29) is 30.8 Å². The number of hydrogen-bond donors (Lipinski definition) is 2. The number of fused-ring (bicyclic) bond motifs is 1. The molecule has 0 bridgehead atoms. The van der Waals surface area contributed by atoms with Crippen LogP contribution >= 0.6 is 0 Å². The number of rotatable bonds is 3. The zero-order valence-corrected chi connectivity index (χ0v) is 9.35. The van der Waals surface area contributed by atoms with Crippen molar-refractivity contribution in [1.29, 1.82) is 0 Å². The predicted octanol–water partition coefficient (Wildman–Crippen LogP) is 0.517. The summed E-state index contributed by atoms with van der Waals surface area (Å²) in [6.07, 6.45) is 1.36. The summed E-state index contributed by atoms with van der Waals surface area (Å²) in [5.41, 5.74) is -0.976. The van der Waals surface area contributed by atoms with Crippen LogP contribution in [0.1, 0.15) is 26.7 Å². The first-order valence-electron chi connectivity index (χ1n) is 5.72. The average molecular weight is 216 g/mol. The lowest BCUT2D eigenvalue weighted by atomic mass is 9.84. The van der Waals surface area contributed by atoms with Gasteiger partial charge >= 0.3 is 0 Å². The van der Waals surface area contributed by atoms with Gasteiger partial charge in [-0.3, -0.25) is 0 Å². The molecule has 88 valence electrons. The summed E-state index contributed by atoms with van der Waals surface area (Å²) in [6, 6.07) is 0. The van der Waals surface area contributed by atoms with E-state index >= 15 is 0 Å². The molecule has 5 atom stereocenters. The van der Waals surface area contributed by atoms with Crippen molar-refractivity contribution in [3.63, 3.8) is 0 Å². The maximum absolute atomic E-state index is 10.3. The van der Waals surface area contributed by atoms with Crippen molar-refractivity contribution >= 4 is 0 Å². The molecule has 1 saturated carbocycles. The van der Waals surface area contributed by atoms with Crippen LogP contribution in [0, 0.1) is 11.8 Å². The number of hydrogen-bond acceptors (Lipinski definition) is 4. The maximum Gasteiger partial charge on any atom is 0.158 e. The monoisotopic (exact) mass is 216 g/mol. The smallest absolute Gasteiger partial charge is 0.158 e. The second-order valence-corrected chi connectivity index (χ2v) is 4.69. The highest BCUT2D eigenvalue weighted by atomic mass is 16.7. The average Bonchev–Trinajstić information content (AvgIpc) is 2.69. The Labute approximate surface area is 90.2 Å². The van der Waals surface area contributed by atoms with Gasteiger partial charge in [0.25, 0.3) is 0 Å². The summed E-state index contributed by atoms with van der Waals surface area (Å²) in [4.78, 5) is 0. The highest BCUT2D eigenvalue weighted by Crippen LogP contribution is 2.48. The van der Waals surface area contributed by atoms with Gasteiger partial charge in [-0.15, -0.1) is 0 Å². The predicted molar refractivity (Wildman–Crippen MR) is 54.2 cm³/mol. The van der Waals surface area contributed by atoms with Crippen LogP contribution in [0.25, 0.3) is 0 Å². The normalized spacial score (nSPS) is 49.6. The van der Waals surface area contributed by atoms with Crippen LogP contribution in [-0.4, -0.2) is 41.4 Å². The highest BCUT2D eigenvalue weighted by molar-refractivity contribution is 5.04. The van der Waals surface area contributed by atoms with Gasteiger partial charge in [0.1, 0.15) is 0 Å². The molecule has 0 radical (unpaired) electrons. The van der Waals surface area contributed by atoms with Gasteiger partial charge in [-0.05, 0) is 19.3 Å². The second-order valence-electron chi connectivity index (χ2n) is 4.69. The Morgan fingerprint density at radius 1 is 1.47 bits per heavy atom. The molecule has 1 aliphatic carbocycles. The third-order valence-corrected chi connectivity index (χ3v) is 3.91. The van der Waals surface area contributed by atoms with Crippen molar-refractivity contribution in [2.24, 2.45) is 11.8 Å². The topological polar surface area (TPSA) is 58.9 Å². The van der Waals surface area contributed by atoms with E-state index in [4.69, 9.17) is 9.47 Å². The lowest BCUT2D eigenvalue weighted by molar-refractivity contribution is -0.132. The summed E-state index contributed by atoms with van der Waals surface area (Å²) in [5.74, 6) is 0.120. The molecule has 2 aliphatic rings. The van der Waals surface area contributed by atoms with Crippen molar-refractivity contribution in [1.82, 2.24) is 0 Å². The third-order valence-electron chi connectivity index (χ3n) is 3.91. The van der Waals surface area contributed by atoms with E-state index in [2.05, 4.69) is 0 Å². The van der Waals surface area contributed by atoms with Crippen LogP contribution in [0.4, 0.5) is 0 Å². The summed E-state index contributed by atoms with van der Waals surface area (Å²) in [6.45, 7) is 4.33. The van der Waals surface area contributed by atoms with Crippen molar-refractivity contribution in [3.8, 4) is 0 Å². The summed E-state index contributed by atoms with van der Waals surface area (Å²) in [7, 11) is 0. The molecule has 0 unspecified atom stereocenters. The maximum atomic E-state index is 10.3. The molecule has 2 rings (SSSR count). The Balaban J connectivity index is 2.06. The summed E-state index contributed by atoms with van der Waals surface area (Å²) >= 11 is 0. The van der Waals surface area contributed by atoms with Crippen LogP contribution in [0.2, 0.25) is 0 Å². The lowest BCUT2D eigenvalue weighted by Crippen LogP contribution is -2.43. The van der Waals surface area contributed by atoms with Crippen LogP contribution in [-0.2, 0) is 9.47 Å². The van der Waals surface area contributed by atoms with Crippen LogP contribution in [0.3, 0.4) is 0 Å². The van der Waals surface area contributed by atoms with Gasteiger partial charge in [0, 0.05) is 18.9 Å². The Morgan fingerprint density at radius 2 is 2.20 bits per heavy atom. The number of aliphatic hydroxyl groups is 2. The lowest BCUT2D eigenvalue weighted by Gasteiger charge is -2.30. The third kappa shape index (κ3) is 1.69. The molecule has 1 heterocycles. The standard InChI is InChI=1S/C11H20O4/c1-3-14-10-5-8-9(15-10)4-7(2)11(8,13)6-12/h7-10,12-13H,3-6H2,1-2H3/t7-,8-,9-,10+,11-/m0/s1. The van der Waals surface area contributed by atoms with Gasteiger partial charge in [0.15, 0.2) is 6.29 Å². The van der Waals surface area contributed by atoms with Crippen LogP contribution in [0.5, 0.6) is 0 Å². The van der Waals surface area contributed by atoms with E-state index in [0.29, 0.717) is 13.0 Å². The van der Waals surface area contributed by atoms with E-state index in [1.54, 1.807) is 0 Å². The zero-order valence-electron chi connectivity index (χ0n) is 9.35. The van der Waals surface area contributed by atoms with E-state index in [0.717, 1.165) is 6.42 Å². The molecule has 0 aromatic carbocycles. The van der Waals surface area contributed by atoms with Crippen molar-refractivity contribution in [3.05, 3.63) is 0 Å². The van der Waals surface area contributed by atoms with E-state index in [1.807, 2.05) is 13.8 Å². The number of ether oxygens (including phenoxy) is 2. The molecule has 1 saturated heterocycles. The molecular weight excluding hydrogens is 196 g/mol. The molecule has 2 N–H and O–H groups in total. The molecule has 0 amide bonds. The molecule has 0 aromatic rings. The van der Waals surface area contributed by atoms with Crippen molar-refractivity contribution in [2.75, 3.05) is 13.2 Å². The van der Waals surface area contributed by atoms with E-state index in [1.165, 1.54) is 0 Å². The van der Waals surface area contributed by atoms with Crippen molar-refractivity contribution < 1.29 is 19.7 Å². The van der Waals surface area contributed by atoms with Crippen LogP contribution in [0.15, 0.2) is 0 Å². The van der Waals surface area contributed by atoms with Gasteiger partial charge < -0.3 is 19.7 Å². The van der Waals surface area contributed by atoms with Gasteiger partial charge in [-0.1, -0.05) is 6.92 Å². The first kappa shape index (κ1) is 11.3. The fourth-order valence-corrected chi connectivity index (χ4v) is 2.93. The Kier molecular flexibility index (Phi) is 3.03. The van der Waals surface area contributed by atoms with Gasteiger partial charge in [0.2, 0.25) is 0 Å². The Hall–Kier alpha value is -0.160. The minimum atomic E-state index is -0.976. The molecular formula is C11H20O4. The Morgan fingerprint density at radius 3 is 2.80 bits per heavy atom. The fraction of sp³-hybridized carbons (Fsp3) is 1.00. The first-order valence-corrected chi connectivity index (χ1v) is 5.72. The van der Waals surface area contributed by atoms with Gasteiger partial charge in [0.05, 0.1) is 18.3 Å². The summed E-state index contributed by atoms with van der Waals surface area (Å²) < 4.78 is 11.1. The summed E-state index contributed by atoms with van der Waals surface area (Å²) in [5, 5.41) is 19.7. The quantitative estimate of drug-likeness (QED) is 0.722. The minimum Gasteiger partial charge on any atom is -0.393 e. The zero-order chi connectivity index (χ0) is 11.1. The molecule has 0 aromatic heterocycles. The largest absolute Gasteiger partial charge is 0.393 e. The van der Waals surface area contributed by atoms with Crippen LogP contribution < -0.4 is 0 Å². The molecule has 4 nitrogen and oxygen atoms in total. The molecule has 2 fully saturated rings. The molecule has 15 heavy (non-hydrogen) atoms. The fourth-order valence-electron chi connectivity index (χ4n) is 2.93. The number of aliphatic hydroxyl groups excluding tert-OH is 1. The Bertz CT molecular complexity index is 233. The van der Waals surface area contributed by atoms with E-state index in [9.17, 15) is 10.2 Å². The van der Waals surface area contributed by atoms with Gasteiger partial charge in [-0.25, -0.2) is 0 Å². The van der Waals surface area contributed by atoms with E-state index < -0.39 is 5.60 Å². The molecule has 4 heteroatoms. The minimum absolute atomic E-state index is 0.0223. The highest BCUT2D eigenvalue weighted by Gasteiger charge is 2.56. The molecule has 1 aliphatic heterocycles. The van der Waals surface area contributed by atoms with Gasteiger partial charge in [-0.2, -0.15) is 0 Å². The molecule has 0 spiro atoms. The second kappa shape index (κ2) is 4.01.